The van der Waals surface area contributed by atoms with Gasteiger partial charge < -0.3 is 4.57 Å². The van der Waals surface area contributed by atoms with E-state index in [0.717, 1.165) is 0 Å². The van der Waals surface area contributed by atoms with Crippen LogP contribution in [0.15, 0.2) is 186 Å². The lowest BCUT2D eigenvalue weighted by Gasteiger charge is -2.23. The Morgan fingerprint density at radius 2 is 1.00 bits per heavy atom. The number of aromatic nitrogens is 1. The van der Waals surface area contributed by atoms with E-state index < -0.39 is 0 Å². The van der Waals surface area contributed by atoms with Crippen molar-refractivity contribution in [2.75, 3.05) is 0 Å². The first-order valence-corrected chi connectivity index (χ1v) is 17.3. The van der Waals surface area contributed by atoms with Crippen molar-refractivity contribution in [2.24, 2.45) is 0 Å². The molecule has 0 spiro atoms. The minimum absolute atomic E-state index is 1.17. The molecule has 0 bridgehead atoms. The van der Waals surface area contributed by atoms with Crippen LogP contribution in [0.3, 0.4) is 0 Å². The Hall–Kier alpha value is -5.83. The fourth-order valence-corrected chi connectivity index (χ4v) is 8.75. The van der Waals surface area contributed by atoms with Gasteiger partial charge in [-0.3, -0.25) is 0 Å². The lowest BCUT2D eigenvalue weighted by atomic mass is 9.88. The summed E-state index contributed by atoms with van der Waals surface area (Å²) in [5, 5.41) is 5.17. The van der Waals surface area contributed by atoms with Crippen LogP contribution in [0.2, 0.25) is 0 Å². The van der Waals surface area contributed by atoms with Gasteiger partial charge in [0.15, 0.2) is 0 Å². The van der Waals surface area contributed by atoms with Crippen LogP contribution in [0.4, 0.5) is 0 Å². The number of para-hydroxylation sites is 2. The van der Waals surface area contributed by atoms with E-state index in [1.807, 2.05) is 11.8 Å². The van der Waals surface area contributed by atoms with E-state index in [1.54, 1.807) is 0 Å². The zero-order valence-electron chi connectivity index (χ0n) is 26.1. The second-order valence-electron chi connectivity index (χ2n) is 12.5. The molecule has 0 aliphatic carbocycles. The smallest absolute Gasteiger partial charge is 0.0547 e. The van der Waals surface area contributed by atoms with Crippen LogP contribution in [-0.2, 0) is 0 Å². The van der Waals surface area contributed by atoms with Crippen molar-refractivity contribution in [3.63, 3.8) is 0 Å². The van der Waals surface area contributed by atoms with Gasteiger partial charge in [-0.15, -0.1) is 0 Å². The summed E-state index contributed by atoms with van der Waals surface area (Å²) in [7, 11) is 0. The summed E-state index contributed by atoms with van der Waals surface area (Å²) in [6, 6.07) is 64.4. The molecule has 0 saturated carbocycles. The molecule has 1 aromatic heterocycles. The molecule has 1 aliphatic heterocycles. The van der Waals surface area contributed by atoms with E-state index in [4.69, 9.17) is 0 Å². The van der Waals surface area contributed by atoms with Crippen molar-refractivity contribution in [1.29, 1.82) is 0 Å². The average molecular weight is 628 g/mol. The topological polar surface area (TPSA) is 4.93 Å². The molecule has 0 radical (unpaired) electrons. The molecule has 48 heavy (non-hydrogen) atoms. The quantitative estimate of drug-likeness (QED) is 0.188. The Balaban J connectivity index is 1.16. The minimum Gasteiger partial charge on any atom is -0.309 e. The summed E-state index contributed by atoms with van der Waals surface area (Å²) in [5.74, 6) is 0. The number of hydrogen-bond donors (Lipinski definition) is 0. The van der Waals surface area contributed by atoms with Crippen molar-refractivity contribution >= 4 is 44.3 Å². The zero-order chi connectivity index (χ0) is 31.6. The molecule has 10 rings (SSSR count). The second-order valence-corrected chi connectivity index (χ2v) is 13.6. The molecule has 0 N–H and O–H groups in total. The van der Waals surface area contributed by atoms with Gasteiger partial charge in [0.25, 0.3) is 0 Å². The van der Waals surface area contributed by atoms with Gasteiger partial charge >= 0.3 is 0 Å². The Bertz CT molecular complexity index is 2690. The van der Waals surface area contributed by atoms with E-state index in [9.17, 15) is 0 Å². The molecular formula is C46H29NS. The highest BCUT2D eigenvalue weighted by molar-refractivity contribution is 7.99. The van der Waals surface area contributed by atoms with E-state index in [0.29, 0.717) is 0 Å². The third kappa shape index (κ3) is 4.20. The third-order valence-corrected chi connectivity index (χ3v) is 11.0. The van der Waals surface area contributed by atoms with Gasteiger partial charge in [-0.25, -0.2) is 0 Å². The Morgan fingerprint density at radius 3 is 1.88 bits per heavy atom. The summed E-state index contributed by atoms with van der Waals surface area (Å²) in [6.07, 6.45) is 0. The summed E-state index contributed by atoms with van der Waals surface area (Å²) >= 11 is 1.88. The highest BCUT2D eigenvalue weighted by Gasteiger charge is 2.22. The Labute approximate surface area is 283 Å². The molecule has 0 fully saturated rings. The van der Waals surface area contributed by atoms with Gasteiger partial charge in [-0.2, -0.15) is 0 Å². The van der Waals surface area contributed by atoms with Crippen molar-refractivity contribution in [3.8, 4) is 50.2 Å². The van der Waals surface area contributed by atoms with Crippen LogP contribution in [0.5, 0.6) is 0 Å². The summed E-state index contributed by atoms with van der Waals surface area (Å²) < 4.78 is 2.40. The Kier molecular flexibility index (Phi) is 6.18. The largest absolute Gasteiger partial charge is 0.309 e. The van der Waals surface area contributed by atoms with E-state index in [2.05, 4.69) is 180 Å². The summed E-state index contributed by atoms with van der Waals surface area (Å²) in [4.78, 5) is 2.63. The molecular weight excluding hydrogens is 599 g/mol. The highest BCUT2D eigenvalue weighted by Crippen LogP contribution is 2.51. The zero-order valence-corrected chi connectivity index (χ0v) is 26.9. The molecule has 0 unspecified atom stereocenters. The van der Waals surface area contributed by atoms with Gasteiger partial charge in [-0.1, -0.05) is 145 Å². The predicted octanol–water partition coefficient (Wildman–Crippen LogP) is 13.1. The molecule has 8 aromatic carbocycles. The number of nitrogens with zero attached hydrogens (tertiary/aromatic N) is 1. The lowest BCUT2D eigenvalue weighted by molar-refractivity contribution is 1.18. The van der Waals surface area contributed by atoms with Gasteiger partial charge in [0.1, 0.15) is 0 Å². The first-order valence-electron chi connectivity index (χ1n) is 16.4. The summed E-state index contributed by atoms with van der Waals surface area (Å²) in [6.45, 7) is 0. The average Bonchev–Trinajstić information content (AvgIpc) is 3.49. The van der Waals surface area contributed by atoms with Crippen molar-refractivity contribution in [3.05, 3.63) is 176 Å². The van der Waals surface area contributed by atoms with Crippen LogP contribution < -0.4 is 0 Å². The molecule has 1 nitrogen and oxygen atoms in total. The maximum atomic E-state index is 2.40. The van der Waals surface area contributed by atoms with Gasteiger partial charge in [-0.05, 0) is 92.4 Å². The van der Waals surface area contributed by atoms with Crippen LogP contribution in [0, 0.1) is 0 Å². The number of benzene rings is 8. The molecule has 0 saturated heterocycles. The first-order chi connectivity index (χ1) is 23.8. The van der Waals surface area contributed by atoms with Crippen LogP contribution in [0.1, 0.15) is 0 Å². The van der Waals surface area contributed by atoms with Gasteiger partial charge in [0.05, 0.1) is 11.0 Å². The summed E-state index contributed by atoms with van der Waals surface area (Å²) in [5.41, 5.74) is 13.7. The Morgan fingerprint density at radius 1 is 0.333 bits per heavy atom. The first kappa shape index (κ1) is 27.3. The van der Waals surface area contributed by atoms with Crippen LogP contribution in [-0.4, -0.2) is 4.57 Å². The standard InChI is InChI=1S/C46H29NS/c1-3-12-30(13-4-1)31-23-26-44-41(28-31)40-20-11-19-39-36(25-27-45(48-44)46(39)40)35-17-8-7-16-34(35)32-22-24-38-37-18-9-10-21-42(37)47(43(38)29-32)33-14-5-2-6-15-33/h1-29H. The minimum atomic E-state index is 1.17. The van der Waals surface area contributed by atoms with Crippen LogP contribution in [0.25, 0.3) is 82.8 Å². The molecule has 2 heteroatoms. The van der Waals surface area contributed by atoms with E-state index in [-0.39, 0.29) is 0 Å². The number of hydrogen-bond acceptors (Lipinski definition) is 1. The fourth-order valence-electron chi connectivity index (χ4n) is 7.64. The predicted molar refractivity (Wildman–Crippen MR) is 204 cm³/mol. The maximum Gasteiger partial charge on any atom is 0.0547 e. The highest BCUT2D eigenvalue weighted by atomic mass is 32.2. The maximum absolute atomic E-state index is 2.40. The van der Waals surface area contributed by atoms with E-state index in [1.165, 1.54) is 92.6 Å². The SMILES string of the molecule is c1ccc(-c2ccc3c(c2)-c2cccc4c(-c5ccccc5-c5ccc6c7ccccc7n(-c7ccccc7)c6c5)ccc(c24)S3)cc1. The van der Waals surface area contributed by atoms with Crippen LogP contribution >= 0.6 is 11.8 Å². The number of fused-ring (bicyclic) bond motifs is 5. The molecule has 0 amide bonds. The monoisotopic (exact) mass is 627 g/mol. The van der Waals surface area contributed by atoms with Crippen molar-refractivity contribution < 1.29 is 0 Å². The fraction of sp³-hybridized carbons (Fsp3) is 0. The molecule has 2 heterocycles. The number of rotatable bonds is 4. The molecule has 9 aromatic rings. The van der Waals surface area contributed by atoms with Gasteiger partial charge in [0, 0.05) is 31.6 Å². The third-order valence-electron chi connectivity index (χ3n) is 9.82. The molecule has 1 aliphatic rings. The normalized spacial score (nSPS) is 12.1. The van der Waals surface area contributed by atoms with E-state index >= 15 is 0 Å². The van der Waals surface area contributed by atoms with Crippen molar-refractivity contribution in [1.82, 2.24) is 4.57 Å². The van der Waals surface area contributed by atoms with Gasteiger partial charge in [0.2, 0.25) is 0 Å². The lowest BCUT2D eigenvalue weighted by Crippen LogP contribution is -1.96. The molecule has 0 atom stereocenters. The second kappa shape index (κ2) is 10.9. The van der Waals surface area contributed by atoms with Crippen molar-refractivity contribution in [2.45, 2.75) is 9.79 Å². The molecule has 224 valence electrons.